The average Bonchev–Trinajstić information content (AvgIpc) is 2.36. The van der Waals surface area contributed by atoms with E-state index >= 15 is 0 Å². The summed E-state index contributed by atoms with van der Waals surface area (Å²) in [6, 6.07) is 0.0597. The fourth-order valence-electron chi connectivity index (χ4n) is 3.00. The third-order valence-corrected chi connectivity index (χ3v) is 5.53. The molecule has 1 heterocycles. The summed E-state index contributed by atoms with van der Waals surface area (Å²) in [5, 5.41) is 14.9. The molecule has 6 nitrogen and oxygen atoms in total. The normalized spacial score (nSPS) is 39.4. The van der Waals surface area contributed by atoms with Crippen LogP contribution in [0.2, 0.25) is 0 Å². The van der Waals surface area contributed by atoms with Crippen LogP contribution in [0, 0.1) is 11.3 Å². The van der Waals surface area contributed by atoms with Gasteiger partial charge in [0.05, 0.1) is 0 Å². The Morgan fingerprint density at radius 1 is 1.42 bits per heavy atom. The molecular weight excluding hydrogens is 266 g/mol. The first kappa shape index (κ1) is 14.3. The van der Waals surface area contributed by atoms with Gasteiger partial charge >= 0.3 is 0 Å². The summed E-state index contributed by atoms with van der Waals surface area (Å²) in [5.41, 5.74) is 4.85. The van der Waals surface area contributed by atoms with Crippen LogP contribution in [0.5, 0.6) is 0 Å². The van der Waals surface area contributed by atoms with Crippen molar-refractivity contribution in [2.24, 2.45) is 22.2 Å². The van der Waals surface area contributed by atoms with Crippen molar-refractivity contribution in [3.63, 3.8) is 0 Å². The van der Waals surface area contributed by atoms with Gasteiger partial charge < -0.3 is 16.3 Å². The van der Waals surface area contributed by atoms with Gasteiger partial charge in [-0.05, 0) is 31.6 Å². The van der Waals surface area contributed by atoms with Gasteiger partial charge in [0.2, 0.25) is 5.91 Å². The Kier molecular flexibility index (Phi) is 4.13. The van der Waals surface area contributed by atoms with Crippen molar-refractivity contribution in [1.82, 2.24) is 5.32 Å². The van der Waals surface area contributed by atoms with E-state index in [2.05, 4.69) is 10.5 Å². The Balaban J connectivity index is 1.99. The van der Waals surface area contributed by atoms with Crippen LogP contribution in [0.15, 0.2) is 5.16 Å². The second-order valence-corrected chi connectivity index (χ2v) is 7.37. The molecule has 1 aliphatic heterocycles. The molecule has 108 valence electrons. The van der Waals surface area contributed by atoms with Gasteiger partial charge in [-0.15, -0.1) is 0 Å². The van der Waals surface area contributed by atoms with Gasteiger partial charge in [-0.2, -0.15) is 0 Å². The van der Waals surface area contributed by atoms with Gasteiger partial charge in [0.25, 0.3) is 0 Å². The maximum absolute atomic E-state index is 12.4. The van der Waals surface area contributed by atoms with Gasteiger partial charge in [0.15, 0.2) is 5.84 Å². The second kappa shape index (κ2) is 5.48. The highest BCUT2D eigenvalue weighted by molar-refractivity contribution is 7.85. The molecule has 2 rings (SSSR count). The molecule has 2 aliphatic rings. The number of nitrogens with one attached hydrogen (secondary N) is 1. The van der Waals surface area contributed by atoms with Gasteiger partial charge in [0, 0.05) is 28.3 Å². The standard InChI is InChI=1S/C12H21N3O3S/c1-8-6-12(7-8,10(13)15-17)11(16)14-9-2-4-19(18)5-3-9/h8-9,17H,2-7H2,1H3,(H2,13,15)(H,14,16). The minimum Gasteiger partial charge on any atom is -0.409 e. The lowest BCUT2D eigenvalue weighted by Gasteiger charge is -2.44. The van der Waals surface area contributed by atoms with Crippen LogP contribution in [0.3, 0.4) is 0 Å². The molecule has 1 saturated heterocycles. The first-order valence-electron chi connectivity index (χ1n) is 6.62. The van der Waals surface area contributed by atoms with Crippen LogP contribution < -0.4 is 11.1 Å². The molecule has 0 unspecified atom stereocenters. The lowest BCUT2D eigenvalue weighted by atomic mass is 9.61. The third kappa shape index (κ3) is 2.75. The smallest absolute Gasteiger partial charge is 0.234 e. The monoisotopic (exact) mass is 287 g/mol. The van der Waals surface area contributed by atoms with Crippen molar-refractivity contribution in [2.45, 2.75) is 38.6 Å². The van der Waals surface area contributed by atoms with E-state index in [1.165, 1.54) is 0 Å². The van der Waals surface area contributed by atoms with E-state index in [-0.39, 0.29) is 17.8 Å². The van der Waals surface area contributed by atoms with Gasteiger partial charge in [-0.1, -0.05) is 12.1 Å². The summed E-state index contributed by atoms with van der Waals surface area (Å²) in [4.78, 5) is 12.4. The number of hydrogen-bond donors (Lipinski definition) is 3. The van der Waals surface area contributed by atoms with E-state index in [0.717, 1.165) is 12.8 Å². The van der Waals surface area contributed by atoms with Crippen LogP contribution in [-0.4, -0.2) is 38.7 Å². The maximum Gasteiger partial charge on any atom is 0.234 e. The summed E-state index contributed by atoms with van der Waals surface area (Å²) in [7, 11) is -0.741. The first-order valence-corrected chi connectivity index (χ1v) is 8.10. The van der Waals surface area contributed by atoms with Crippen LogP contribution in [0.25, 0.3) is 0 Å². The molecule has 0 aromatic carbocycles. The number of nitrogens with zero attached hydrogens (tertiary/aromatic N) is 1. The van der Waals surface area contributed by atoms with Crippen LogP contribution in [0.1, 0.15) is 32.6 Å². The van der Waals surface area contributed by atoms with Gasteiger partial charge in [-0.3, -0.25) is 9.00 Å². The Morgan fingerprint density at radius 2 is 2.00 bits per heavy atom. The summed E-state index contributed by atoms with van der Waals surface area (Å²) in [5.74, 6) is 1.53. The predicted octanol–water partition coefficient (Wildman–Crippen LogP) is 0.176. The molecule has 0 bridgehead atoms. The fourth-order valence-corrected chi connectivity index (χ4v) is 4.30. The predicted molar refractivity (Wildman–Crippen MR) is 73.3 cm³/mol. The first-order chi connectivity index (χ1) is 8.98. The Morgan fingerprint density at radius 3 is 2.47 bits per heavy atom. The lowest BCUT2D eigenvalue weighted by Crippen LogP contribution is -2.58. The van der Waals surface area contributed by atoms with E-state index in [1.54, 1.807) is 0 Å². The molecule has 19 heavy (non-hydrogen) atoms. The molecule has 0 atom stereocenters. The molecule has 1 aliphatic carbocycles. The molecule has 0 spiro atoms. The van der Waals surface area contributed by atoms with E-state index in [0.29, 0.717) is 30.3 Å². The second-order valence-electron chi connectivity index (χ2n) is 5.68. The number of carbonyl (C=O) groups is 1. The van der Waals surface area contributed by atoms with Crippen molar-refractivity contribution >= 4 is 22.5 Å². The largest absolute Gasteiger partial charge is 0.409 e. The topological polar surface area (TPSA) is 105 Å². The molecule has 0 radical (unpaired) electrons. The minimum absolute atomic E-state index is 0.00230. The number of carbonyl (C=O) groups excluding carboxylic acids is 1. The molecule has 1 saturated carbocycles. The van der Waals surface area contributed by atoms with Crippen molar-refractivity contribution in [3.05, 3.63) is 0 Å². The quantitative estimate of drug-likeness (QED) is 0.298. The number of nitrogens with two attached hydrogens (primary N) is 1. The van der Waals surface area contributed by atoms with Crippen LogP contribution >= 0.6 is 0 Å². The Labute approximate surface area is 115 Å². The highest BCUT2D eigenvalue weighted by atomic mass is 32.2. The number of amidine groups is 1. The summed E-state index contributed by atoms with van der Waals surface area (Å²) >= 11 is 0. The highest BCUT2D eigenvalue weighted by Crippen LogP contribution is 2.46. The van der Waals surface area contributed by atoms with Crippen molar-refractivity contribution in [3.8, 4) is 0 Å². The van der Waals surface area contributed by atoms with E-state index in [1.807, 2.05) is 6.92 Å². The number of rotatable bonds is 3. The molecule has 0 aromatic rings. The number of oxime groups is 1. The molecule has 2 fully saturated rings. The third-order valence-electron chi connectivity index (χ3n) is 4.15. The average molecular weight is 287 g/mol. The Hall–Kier alpha value is -1.11. The minimum atomic E-state index is -0.842. The van der Waals surface area contributed by atoms with E-state index in [4.69, 9.17) is 10.9 Å². The molecule has 0 aromatic heterocycles. The van der Waals surface area contributed by atoms with Crippen molar-refractivity contribution in [2.75, 3.05) is 11.5 Å². The SMILES string of the molecule is CC1CC(C(=O)NC2CCS(=O)CC2)(C(N)=NO)C1. The fraction of sp³-hybridized carbons (Fsp3) is 0.833. The van der Waals surface area contributed by atoms with Gasteiger partial charge in [-0.25, -0.2) is 0 Å². The van der Waals surface area contributed by atoms with E-state index in [9.17, 15) is 9.00 Å². The molecular formula is C12H21N3O3S. The lowest BCUT2D eigenvalue weighted by molar-refractivity contribution is -0.134. The van der Waals surface area contributed by atoms with Crippen LogP contribution in [0.4, 0.5) is 0 Å². The van der Waals surface area contributed by atoms with Crippen molar-refractivity contribution < 1.29 is 14.2 Å². The van der Waals surface area contributed by atoms with E-state index < -0.39 is 16.2 Å². The van der Waals surface area contributed by atoms with Crippen LogP contribution in [-0.2, 0) is 15.6 Å². The molecule has 7 heteroatoms. The summed E-state index contributed by atoms with van der Waals surface area (Å²) in [6.07, 6.45) is 2.71. The number of hydrogen-bond acceptors (Lipinski definition) is 4. The highest BCUT2D eigenvalue weighted by Gasteiger charge is 2.52. The zero-order chi connectivity index (χ0) is 14.0. The number of amides is 1. The summed E-state index contributed by atoms with van der Waals surface area (Å²) in [6.45, 7) is 2.04. The molecule has 4 N–H and O–H groups in total. The summed E-state index contributed by atoms with van der Waals surface area (Å²) < 4.78 is 11.3. The van der Waals surface area contributed by atoms with Crippen molar-refractivity contribution in [1.29, 1.82) is 0 Å². The molecule has 1 amide bonds. The van der Waals surface area contributed by atoms with Gasteiger partial charge in [0.1, 0.15) is 5.41 Å². The maximum atomic E-state index is 12.4. The zero-order valence-corrected chi connectivity index (χ0v) is 11.9. The zero-order valence-electron chi connectivity index (χ0n) is 11.1. The Bertz CT molecular complexity index is 408.